The summed E-state index contributed by atoms with van der Waals surface area (Å²) in [6.45, 7) is 2.03. The average Bonchev–Trinajstić information content (AvgIpc) is 3.03. The maximum atomic E-state index is 11.9. The minimum atomic E-state index is -3.18. The van der Waals surface area contributed by atoms with Crippen molar-refractivity contribution in [3.05, 3.63) is 0 Å². The van der Waals surface area contributed by atoms with Crippen LogP contribution < -0.4 is 4.72 Å². The van der Waals surface area contributed by atoms with Gasteiger partial charge in [0.2, 0.25) is 0 Å². The van der Waals surface area contributed by atoms with E-state index in [1.807, 2.05) is 0 Å². The number of nitrogens with zero attached hydrogens (tertiary/aromatic N) is 1. The number of hydrogen-bond donors (Lipinski definition) is 1. The van der Waals surface area contributed by atoms with Gasteiger partial charge in [0.25, 0.3) is 10.2 Å². The van der Waals surface area contributed by atoms with Crippen molar-refractivity contribution in [2.45, 2.75) is 38.5 Å². The summed E-state index contributed by atoms with van der Waals surface area (Å²) in [5, 5.41) is 0. The molecule has 4 nitrogen and oxygen atoms in total. The van der Waals surface area contributed by atoms with E-state index in [1.165, 1.54) is 12.8 Å². The minimum absolute atomic E-state index is 0.603. The Hall–Kier alpha value is -0.130. The summed E-state index contributed by atoms with van der Waals surface area (Å²) >= 11 is 0. The highest BCUT2D eigenvalue weighted by Gasteiger charge is 2.27. The van der Waals surface area contributed by atoms with Gasteiger partial charge in [-0.15, -0.1) is 0 Å². The zero-order valence-electron chi connectivity index (χ0n) is 9.11. The largest absolute Gasteiger partial charge is 0.279 e. The normalized spacial score (nSPS) is 25.1. The Kier molecular flexibility index (Phi) is 3.64. The van der Waals surface area contributed by atoms with Gasteiger partial charge in [0.15, 0.2) is 0 Å². The van der Waals surface area contributed by atoms with E-state index in [1.54, 1.807) is 4.31 Å². The standard InChI is InChI=1S/C10H20N2O2S/c13-15(14,11-9-10-5-6-10)12-7-3-1-2-4-8-12/h10-11H,1-9H2. The van der Waals surface area contributed by atoms with E-state index in [0.717, 1.165) is 25.7 Å². The molecule has 0 spiro atoms. The summed E-state index contributed by atoms with van der Waals surface area (Å²) in [5.41, 5.74) is 0. The van der Waals surface area contributed by atoms with Gasteiger partial charge in [-0.3, -0.25) is 0 Å². The van der Waals surface area contributed by atoms with Crippen LogP contribution in [-0.2, 0) is 10.2 Å². The molecule has 1 heterocycles. The van der Waals surface area contributed by atoms with E-state index < -0.39 is 10.2 Å². The van der Waals surface area contributed by atoms with Crippen molar-refractivity contribution in [1.82, 2.24) is 9.03 Å². The number of rotatable bonds is 4. The lowest BCUT2D eigenvalue weighted by Gasteiger charge is -2.20. The third-order valence-electron chi connectivity index (χ3n) is 3.16. The first-order valence-corrected chi connectivity index (χ1v) is 7.37. The van der Waals surface area contributed by atoms with Crippen molar-refractivity contribution in [1.29, 1.82) is 0 Å². The van der Waals surface area contributed by atoms with Crippen LogP contribution in [0.25, 0.3) is 0 Å². The molecule has 2 aliphatic rings. The van der Waals surface area contributed by atoms with E-state index in [0.29, 0.717) is 25.6 Å². The molecule has 88 valence electrons. The molecule has 1 saturated heterocycles. The van der Waals surface area contributed by atoms with E-state index in [4.69, 9.17) is 0 Å². The zero-order valence-corrected chi connectivity index (χ0v) is 9.93. The molecular weight excluding hydrogens is 212 g/mol. The average molecular weight is 232 g/mol. The van der Waals surface area contributed by atoms with E-state index in [-0.39, 0.29) is 0 Å². The molecule has 0 aromatic rings. The van der Waals surface area contributed by atoms with Gasteiger partial charge in [-0.2, -0.15) is 12.7 Å². The smallest absolute Gasteiger partial charge is 0.202 e. The fourth-order valence-corrected chi connectivity index (χ4v) is 3.29. The Morgan fingerprint density at radius 1 is 1.07 bits per heavy atom. The van der Waals surface area contributed by atoms with Crippen molar-refractivity contribution < 1.29 is 8.42 Å². The number of hydrogen-bond acceptors (Lipinski definition) is 2. The van der Waals surface area contributed by atoms with Crippen LogP contribution in [0.1, 0.15) is 38.5 Å². The van der Waals surface area contributed by atoms with Crippen molar-refractivity contribution in [2.75, 3.05) is 19.6 Å². The lowest BCUT2D eigenvalue weighted by atomic mass is 10.2. The Balaban J connectivity index is 1.86. The fourth-order valence-electron chi connectivity index (χ4n) is 1.92. The van der Waals surface area contributed by atoms with E-state index in [9.17, 15) is 8.42 Å². The van der Waals surface area contributed by atoms with Crippen LogP contribution in [0.3, 0.4) is 0 Å². The molecule has 0 aromatic carbocycles. The van der Waals surface area contributed by atoms with Crippen molar-refractivity contribution in [3.63, 3.8) is 0 Å². The first kappa shape index (κ1) is 11.4. The minimum Gasteiger partial charge on any atom is -0.202 e. The predicted octanol–water partition coefficient (Wildman–Crippen LogP) is 1.11. The molecule has 1 aliphatic heterocycles. The Bertz CT molecular complexity index is 291. The second kappa shape index (κ2) is 4.80. The molecule has 0 bridgehead atoms. The van der Waals surface area contributed by atoms with Crippen molar-refractivity contribution in [3.8, 4) is 0 Å². The monoisotopic (exact) mass is 232 g/mol. The van der Waals surface area contributed by atoms with Gasteiger partial charge in [-0.05, 0) is 31.6 Å². The van der Waals surface area contributed by atoms with E-state index in [2.05, 4.69) is 4.72 Å². The molecule has 2 rings (SSSR count). The van der Waals surface area contributed by atoms with Gasteiger partial charge in [0, 0.05) is 19.6 Å². The molecule has 5 heteroatoms. The van der Waals surface area contributed by atoms with Crippen LogP contribution in [0.15, 0.2) is 0 Å². The lowest BCUT2D eigenvalue weighted by molar-refractivity contribution is 0.414. The summed E-state index contributed by atoms with van der Waals surface area (Å²) in [6, 6.07) is 0. The molecule has 15 heavy (non-hydrogen) atoms. The van der Waals surface area contributed by atoms with Crippen LogP contribution in [0.4, 0.5) is 0 Å². The molecule has 0 amide bonds. The molecule has 0 unspecified atom stereocenters. The number of nitrogens with one attached hydrogen (secondary N) is 1. The Morgan fingerprint density at radius 2 is 1.67 bits per heavy atom. The molecule has 2 fully saturated rings. The molecule has 0 radical (unpaired) electrons. The summed E-state index contributed by atoms with van der Waals surface area (Å²) in [5.74, 6) is 0.603. The van der Waals surface area contributed by atoms with Crippen LogP contribution in [0.2, 0.25) is 0 Å². The molecule has 0 aromatic heterocycles. The molecule has 1 aliphatic carbocycles. The molecule has 1 saturated carbocycles. The van der Waals surface area contributed by atoms with Gasteiger partial charge in [0.1, 0.15) is 0 Å². The van der Waals surface area contributed by atoms with E-state index >= 15 is 0 Å². The first-order valence-electron chi connectivity index (χ1n) is 5.93. The molecular formula is C10H20N2O2S. The van der Waals surface area contributed by atoms with Gasteiger partial charge in [0.05, 0.1) is 0 Å². The quantitative estimate of drug-likeness (QED) is 0.789. The SMILES string of the molecule is O=S(=O)(NCC1CC1)N1CCCCCC1. The Labute approximate surface area is 92.2 Å². The van der Waals surface area contributed by atoms with Crippen LogP contribution in [0, 0.1) is 5.92 Å². The summed E-state index contributed by atoms with van der Waals surface area (Å²) in [6.07, 6.45) is 6.70. The highest BCUT2D eigenvalue weighted by molar-refractivity contribution is 7.87. The molecule has 1 N–H and O–H groups in total. The van der Waals surface area contributed by atoms with Crippen LogP contribution in [0.5, 0.6) is 0 Å². The lowest BCUT2D eigenvalue weighted by Crippen LogP contribution is -2.41. The second-order valence-corrected chi connectivity index (χ2v) is 6.37. The maximum Gasteiger partial charge on any atom is 0.279 e. The van der Waals surface area contributed by atoms with Crippen molar-refractivity contribution in [2.24, 2.45) is 5.92 Å². The van der Waals surface area contributed by atoms with Crippen LogP contribution >= 0.6 is 0 Å². The fraction of sp³-hybridized carbons (Fsp3) is 1.00. The second-order valence-electron chi connectivity index (χ2n) is 4.61. The van der Waals surface area contributed by atoms with Gasteiger partial charge in [-0.25, -0.2) is 4.72 Å². The summed E-state index contributed by atoms with van der Waals surface area (Å²) in [7, 11) is -3.18. The topological polar surface area (TPSA) is 49.4 Å². The van der Waals surface area contributed by atoms with Gasteiger partial charge < -0.3 is 0 Å². The third kappa shape index (κ3) is 3.43. The maximum absolute atomic E-state index is 11.9. The highest BCUT2D eigenvalue weighted by atomic mass is 32.2. The predicted molar refractivity (Wildman–Crippen MR) is 59.7 cm³/mol. The van der Waals surface area contributed by atoms with Crippen molar-refractivity contribution >= 4 is 10.2 Å². The Morgan fingerprint density at radius 3 is 2.20 bits per heavy atom. The first-order chi connectivity index (χ1) is 7.18. The highest BCUT2D eigenvalue weighted by Crippen LogP contribution is 2.28. The van der Waals surface area contributed by atoms with Gasteiger partial charge in [-0.1, -0.05) is 12.8 Å². The summed E-state index contributed by atoms with van der Waals surface area (Å²) in [4.78, 5) is 0. The molecule has 0 atom stereocenters. The summed E-state index contributed by atoms with van der Waals surface area (Å²) < 4.78 is 28.1. The third-order valence-corrected chi connectivity index (χ3v) is 4.73. The van der Waals surface area contributed by atoms with Crippen LogP contribution in [-0.4, -0.2) is 32.4 Å². The van der Waals surface area contributed by atoms with Gasteiger partial charge >= 0.3 is 0 Å². The zero-order chi connectivity index (χ0) is 10.7.